The molecule has 1 heterocycles. The summed E-state index contributed by atoms with van der Waals surface area (Å²) in [6.45, 7) is 0.310. The maximum Gasteiger partial charge on any atom is 0.200 e. The van der Waals surface area contributed by atoms with E-state index in [4.69, 9.17) is 44.0 Å². The Hall–Kier alpha value is -2.46. The molecule has 0 N–H and O–H groups in total. The summed E-state index contributed by atoms with van der Waals surface area (Å²) < 4.78 is 11.5. The second kappa shape index (κ2) is 7.88. The fourth-order valence-corrected chi connectivity index (χ4v) is 3.42. The third kappa shape index (κ3) is 3.74. The van der Waals surface area contributed by atoms with Crippen molar-refractivity contribution in [2.24, 2.45) is 0 Å². The third-order valence-electron chi connectivity index (χ3n) is 4.30. The molecule has 6 heteroatoms. The molecule has 28 heavy (non-hydrogen) atoms. The highest BCUT2D eigenvalue weighted by Crippen LogP contribution is 2.28. The Balaban J connectivity index is 1.63. The highest BCUT2D eigenvalue weighted by atomic mass is 35.5. The summed E-state index contributed by atoms with van der Waals surface area (Å²) in [6, 6.07) is 17.6. The lowest BCUT2D eigenvalue weighted by molar-refractivity contribution is 0.306. The van der Waals surface area contributed by atoms with Gasteiger partial charge in [-0.05, 0) is 35.9 Å². The molecule has 0 atom stereocenters. The molecule has 4 rings (SSSR count). The van der Waals surface area contributed by atoms with Crippen LogP contribution in [0, 0.1) is 0 Å². The molecule has 0 bridgehead atoms. The summed E-state index contributed by atoms with van der Waals surface area (Å²) in [4.78, 5) is 12.9. The fourth-order valence-electron chi connectivity index (χ4n) is 2.86. The molecule has 0 radical (unpaired) electrons. The van der Waals surface area contributed by atoms with Crippen molar-refractivity contribution in [2.75, 3.05) is 0 Å². The van der Waals surface area contributed by atoms with E-state index in [0.29, 0.717) is 49.5 Å². The van der Waals surface area contributed by atoms with Gasteiger partial charge in [-0.15, -0.1) is 0 Å². The lowest BCUT2D eigenvalue weighted by Crippen LogP contribution is -2.05. The summed E-state index contributed by atoms with van der Waals surface area (Å²) >= 11 is 18.2. The minimum absolute atomic E-state index is 0.148. The third-order valence-corrected chi connectivity index (χ3v) is 5.37. The van der Waals surface area contributed by atoms with Gasteiger partial charge in [0.15, 0.2) is 0 Å². The van der Waals surface area contributed by atoms with Crippen molar-refractivity contribution in [1.82, 2.24) is 0 Å². The van der Waals surface area contributed by atoms with Gasteiger partial charge in [0.1, 0.15) is 24.2 Å². The number of fused-ring (bicyclic) bond motifs is 1. The average molecular weight is 432 g/mol. The predicted octanol–water partition coefficient (Wildman–Crippen LogP) is 7.00. The van der Waals surface area contributed by atoms with Gasteiger partial charge in [0.25, 0.3) is 0 Å². The number of hydrogen-bond acceptors (Lipinski definition) is 3. The normalized spacial score (nSPS) is 11.0. The van der Waals surface area contributed by atoms with Crippen molar-refractivity contribution in [2.45, 2.75) is 6.61 Å². The van der Waals surface area contributed by atoms with Gasteiger partial charge in [0.2, 0.25) is 5.43 Å². The molecule has 0 saturated carbocycles. The average Bonchev–Trinajstić information content (AvgIpc) is 2.70. The van der Waals surface area contributed by atoms with E-state index in [-0.39, 0.29) is 5.43 Å². The van der Waals surface area contributed by atoms with E-state index in [9.17, 15) is 4.79 Å². The SMILES string of the molecule is O=c1c(-c2ccccc2Cl)coc2cc(OCc3ccc(Cl)c(Cl)c3)ccc12. The Morgan fingerprint density at radius 3 is 2.43 bits per heavy atom. The minimum Gasteiger partial charge on any atom is -0.489 e. The molecular formula is C22H13Cl3O3. The number of ether oxygens (including phenoxy) is 1. The monoisotopic (exact) mass is 430 g/mol. The first-order valence-corrected chi connectivity index (χ1v) is 9.53. The second-order valence-corrected chi connectivity index (χ2v) is 7.38. The highest BCUT2D eigenvalue weighted by Gasteiger charge is 2.12. The number of halogens is 3. The van der Waals surface area contributed by atoms with E-state index in [0.717, 1.165) is 5.56 Å². The van der Waals surface area contributed by atoms with Crippen LogP contribution < -0.4 is 10.2 Å². The van der Waals surface area contributed by atoms with Crippen LogP contribution in [0.25, 0.3) is 22.1 Å². The summed E-state index contributed by atoms with van der Waals surface area (Å²) in [6.07, 6.45) is 1.43. The van der Waals surface area contributed by atoms with Gasteiger partial charge >= 0.3 is 0 Å². The van der Waals surface area contributed by atoms with Crippen LogP contribution in [0.2, 0.25) is 15.1 Å². The predicted molar refractivity (Wildman–Crippen MR) is 114 cm³/mol. The van der Waals surface area contributed by atoms with E-state index >= 15 is 0 Å². The molecule has 0 saturated heterocycles. The zero-order chi connectivity index (χ0) is 19.7. The van der Waals surface area contributed by atoms with Crippen molar-refractivity contribution in [3.63, 3.8) is 0 Å². The van der Waals surface area contributed by atoms with Crippen molar-refractivity contribution in [3.05, 3.63) is 97.8 Å². The van der Waals surface area contributed by atoms with E-state index in [1.165, 1.54) is 6.26 Å². The van der Waals surface area contributed by atoms with Crippen molar-refractivity contribution in [3.8, 4) is 16.9 Å². The van der Waals surface area contributed by atoms with Crippen LogP contribution in [0.15, 0.2) is 76.1 Å². The molecule has 140 valence electrons. The van der Waals surface area contributed by atoms with Gasteiger partial charge in [-0.2, -0.15) is 0 Å². The minimum atomic E-state index is -0.148. The zero-order valence-corrected chi connectivity index (χ0v) is 16.7. The van der Waals surface area contributed by atoms with Crippen molar-refractivity contribution >= 4 is 45.8 Å². The van der Waals surface area contributed by atoms with Gasteiger partial charge < -0.3 is 9.15 Å². The highest BCUT2D eigenvalue weighted by molar-refractivity contribution is 6.42. The Morgan fingerprint density at radius 1 is 0.821 bits per heavy atom. The first-order chi connectivity index (χ1) is 13.5. The lowest BCUT2D eigenvalue weighted by Gasteiger charge is -2.09. The van der Waals surface area contributed by atoms with Crippen molar-refractivity contribution in [1.29, 1.82) is 0 Å². The summed E-state index contributed by atoms with van der Waals surface area (Å²) in [7, 11) is 0. The lowest BCUT2D eigenvalue weighted by atomic mass is 10.1. The molecule has 3 aromatic carbocycles. The smallest absolute Gasteiger partial charge is 0.200 e. The Morgan fingerprint density at radius 2 is 1.64 bits per heavy atom. The summed E-state index contributed by atoms with van der Waals surface area (Å²) in [5.74, 6) is 0.576. The van der Waals surface area contributed by atoms with E-state index < -0.39 is 0 Å². The van der Waals surface area contributed by atoms with Gasteiger partial charge in [-0.1, -0.05) is 59.1 Å². The number of hydrogen-bond donors (Lipinski definition) is 0. The molecule has 0 aliphatic heterocycles. The van der Waals surface area contributed by atoms with Crippen LogP contribution in [0.4, 0.5) is 0 Å². The van der Waals surface area contributed by atoms with Gasteiger partial charge in [0, 0.05) is 16.7 Å². The van der Waals surface area contributed by atoms with E-state index in [1.807, 2.05) is 18.2 Å². The standard InChI is InChI=1S/C22H13Cl3O3/c23-18-4-2-1-3-15(18)17-12-28-21-10-14(6-7-16(21)22(17)26)27-11-13-5-8-19(24)20(25)9-13/h1-10,12H,11H2. The van der Waals surface area contributed by atoms with E-state index in [1.54, 1.807) is 42.5 Å². The number of benzene rings is 3. The van der Waals surface area contributed by atoms with Crippen LogP contribution in [-0.4, -0.2) is 0 Å². The zero-order valence-electron chi connectivity index (χ0n) is 14.4. The Bertz CT molecular complexity index is 1230. The van der Waals surface area contributed by atoms with Crippen LogP contribution in [0.5, 0.6) is 5.75 Å². The van der Waals surface area contributed by atoms with Gasteiger partial charge in [0.05, 0.1) is 21.0 Å². The first kappa shape index (κ1) is 18.9. The number of rotatable bonds is 4. The molecule has 0 aliphatic carbocycles. The van der Waals surface area contributed by atoms with Crippen LogP contribution >= 0.6 is 34.8 Å². The Labute approximate surface area is 176 Å². The molecule has 0 unspecified atom stereocenters. The molecule has 0 spiro atoms. The molecule has 0 fully saturated rings. The molecular weight excluding hydrogens is 419 g/mol. The summed E-state index contributed by atoms with van der Waals surface area (Å²) in [5, 5.41) is 1.92. The van der Waals surface area contributed by atoms with Crippen LogP contribution in [-0.2, 0) is 6.61 Å². The quantitative estimate of drug-likeness (QED) is 0.349. The maximum atomic E-state index is 12.9. The second-order valence-electron chi connectivity index (χ2n) is 6.15. The van der Waals surface area contributed by atoms with Gasteiger partial charge in [-0.25, -0.2) is 0 Å². The molecule has 3 nitrogen and oxygen atoms in total. The summed E-state index contributed by atoms with van der Waals surface area (Å²) in [5.41, 5.74) is 2.23. The topological polar surface area (TPSA) is 39.4 Å². The largest absolute Gasteiger partial charge is 0.489 e. The van der Waals surface area contributed by atoms with Crippen LogP contribution in [0.1, 0.15) is 5.56 Å². The Kier molecular flexibility index (Phi) is 5.31. The van der Waals surface area contributed by atoms with E-state index in [2.05, 4.69) is 0 Å². The molecule has 4 aromatic rings. The van der Waals surface area contributed by atoms with Crippen molar-refractivity contribution < 1.29 is 9.15 Å². The fraction of sp³-hybridized carbons (Fsp3) is 0.0455. The molecule has 0 amide bonds. The van der Waals surface area contributed by atoms with Crippen LogP contribution in [0.3, 0.4) is 0 Å². The maximum absolute atomic E-state index is 12.9. The van der Waals surface area contributed by atoms with Gasteiger partial charge in [-0.3, -0.25) is 4.79 Å². The molecule has 0 aliphatic rings. The first-order valence-electron chi connectivity index (χ1n) is 8.40. The molecule has 1 aromatic heterocycles.